The van der Waals surface area contributed by atoms with E-state index in [9.17, 15) is 14.7 Å². The number of fused-ring (bicyclic) bond motifs is 1. The highest BCUT2D eigenvalue weighted by molar-refractivity contribution is 6.30. The van der Waals surface area contributed by atoms with Crippen molar-refractivity contribution in [1.29, 1.82) is 0 Å². The van der Waals surface area contributed by atoms with Gasteiger partial charge in [0.15, 0.2) is 0 Å². The van der Waals surface area contributed by atoms with Crippen LogP contribution in [0.15, 0.2) is 30.5 Å². The van der Waals surface area contributed by atoms with Crippen molar-refractivity contribution in [2.24, 2.45) is 11.8 Å². The summed E-state index contributed by atoms with van der Waals surface area (Å²) in [5.74, 6) is -0.783. The van der Waals surface area contributed by atoms with Gasteiger partial charge in [0.05, 0.1) is 23.1 Å². The molecule has 1 saturated heterocycles. The van der Waals surface area contributed by atoms with E-state index in [1.54, 1.807) is 16.8 Å². The van der Waals surface area contributed by atoms with E-state index < -0.39 is 12.0 Å². The van der Waals surface area contributed by atoms with Crippen molar-refractivity contribution in [1.82, 2.24) is 14.7 Å². The Morgan fingerprint density at radius 2 is 1.96 bits per heavy atom. The number of benzene rings is 1. The number of hydrogen-bond donors (Lipinski definition) is 1. The van der Waals surface area contributed by atoms with Crippen molar-refractivity contribution in [3.63, 3.8) is 0 Å². The van der Waals surface area contributed by atoms with E-state index in [-0.39, 0.29) is 11.8 Å². The van der Waals surface area contributed by atoms with Gasteiger partial charge in [0.1, 0.15) is 6.04 Å². The lowest BCUT2D eigenvalue weighted by molar-refractivity contribution is -0.142. The molecule has 0 spiro atoms. The number of likely N-dealkylation sites (tertiary alicyclic amines) is 1. The van der Waals surface area contributed by atoms with E-state index in [1.165, 1.54) is 11.1 Å². The van der Waals surface area contributed by atoms with Crippen LogP contribution in [0.3, 0.4) is 0 Å². The molecule has 3 unspecified atom stereocenters. The van der Waals surface area contributed by atoms with Crippen LogP contribution in [0.25, 0.3) is 5.69 Å². The molecule has 6 nitrogen and oxygen atoms in total. The Balaban J connectivity index is 1.64. The number of carboxylic acids is 1. The number of aromatic nitrogens is 2. The molecule has 26 heavy (non-hydrogen) atoms. The maximum absolute atomic E-state index is 13.1. The number of carboxylic acid groups (broad SMARTS) is 1. The molecule has 2 heterocycles. The van der Waals surface area contributed by atoms with Crippen molar-refractivity contribution in [2.45, 2.75) is 32.2 Å². The molecule has 1 aliphatic carbocycles. The zero-order valence-corrected chi connectivity index (χ0v) is 15.2. The van der Waals surface area contributed by atoms with Crippen LogP contribution >= 0.6 is 11.6 Å². The Hall–Kier alpha value is -2.34. The van der Waals surface area contributed by atoms with Gasteiger partial charge in [-0.1, -0.05) is 18.0 Å². The molecule has 3 atom stereocenters. The Morgan fingerprint density at radius 3 is 2.65 bits per heavy atom. The molecule has 1 aromatic heterocycles. The maximum atomic E-state index is 13.1. The van der Waals surface area contributed by atoms with E-state index in [2.05, 4.69) is 5.10 Å². The fourth-order valence-corrected chi connectivity index (χ4v) is 4.57. The smallest absolute Gasteiger partial charge is 0.326 e. The molecule has 0 bridgehead atoms. The van der Waals surface area contributed by atoms with Crippen LogP contribution in [0.5, 0.6) is 0 Å². The summed E-state index contributed by atoms with van der Waals surface area (Å²) in [7, 11) is 0. The molecule has 1 aromatic carbocycles. The van der Waals surface area contributed by atoms with Gasteiger partial charge in [-0.25, -0.2) is 9.48 Å². The number of carbonyl (C=O) groups excluding carboxylic acids is 1. The SMILES string of the molecule is Cc1c(C(=O)N2CC3CCCC3C2C(=O)O)cnn1-c1ccc(Cl)cc1. The number of rotatable bonds is 3. The number of hydrogen-bond acceptors (Lipinski definition) is 3. The predicted octanol–water partition coefficient (Wildman–Crippen LogP) is 3.16. The average molecular weight is 374 g/mol. The Morgan fingerprint density at radius 1 is 1.23 bits per heavy atom. The molecular weight excluding hydrogens is 354 g/mol. The Kier molecular flexibility index (Phi) is 4.23. The summed E-state index contributed by atoms with van der Waals surface area (Å²) < 4.78 is 1.68. The number of nitrogens with zero attached hydrogens (tertiary/aromatic N) is 3. The second-order valence-corrected chi connectivity index (χ2v) is 7.56. The van der Waals surface area contributed by atoms with Crippen LogP contribution in [0, 0.1) is 18.8 Å². The van der Waals surface area contributed by atoms with Gasteiger partial charge in [-0.15, -0.1) is 0 Å². The molecule has 7 heteroatoms. The van der Waals surface area contributed by atoms with Crippen molar-refractivity contribution < 1.29 is 14.7 Å². The minimum atomic E-state index is -0.907. The lowest BCUT2D eigenvalue weighted by Gasteiger charge is -2.24. The van der Waals surface area contributed by atoms with Gasteiger partial charge < -0.3 is 10.0 Å². The molecule has 2 aliphatic rings. The molecule has 1 aliphatic heterocycles. The van der Waals surface area contributed by atoms with Crippen molar-refractivity contribution in [2.75, 3.05) is 6.54 Å². The minimum Gasteiger partial charge on any atom is -0.480 e. The summed E-state index contributed by atoms with van der Waals surface area (Å²) >= 11 is 5.93. The second-order valence-electron chi connectivity index (χ2n) is 7.13. The topological polar surface area (TPSA) is 75.4 Å². The van der Waals surface area contributed by atoms with E-state index in [0.717, 1.165) is 24.9 Å². The van der Waals surface area contributed by atoms with Crippen LogP contribution in [0.1, 0.15) is 35.3 Å². The second kappa shape index (κ2) is 6.43. The fourth-order valence-electron chi connectivity index (χ4n) is 4.45. The monoisotopic (exact) mass is 373 g/mol. The summed E-state index contributed by atoms with van der Waals surface area (Å²) in [5, 5.41) is 14.6. The van der Waals surface area contributed by atoms with Gasteiger partial charge in [-0.05, 0) is 55.9 Å². The standard InChI is InChI=1S/C19H20ClN3O3/c1-11-16(9-21-23(11)14-7-5-13(20)6-8-14)18(24)22-10-12-3-2-4-15(12)17(22)19(25)26/h5-9,12,15,17H,2-4,10H2,1H3,(H,25,26). The third-order valence-corrected chi connectivity index (χ3v) is 5.97. The first-order valence-electron chi connectivity index (χ1n) is 8.81. The van der Waals surface area contributed by atoms with Gasteiger partial charge in [0.2, 0.25) is 0 Å². The fraction of sp³-hybridized carbons (Fsp3) is 0.421. The van der Waals surface area contributed by atoms with E-state index >= 15 is 0 Å². The first-order chi connectivity index (χ1) is 12.5. The predicted molar refractivity (Wildman–Crippen MR) is 96.6 cm³/mol. The molecule has 4 rings (SSSR count). The van der Waals surface area contributed by atoms with Crippen molar-refractivity contribution in [3.8, 4) is 5.69 Å². The molecule has 2 fully saturated rings. The molecular formula is C19H20ClN3O3. The molecule has 136 valence electrons. The highest BCUT2D eigenvalue weighted by Crippen LogP contribution is 2.42. The highest BCUT2D eigenvalue weighted by Gasteiger charge is 2.49. The number of carbonyl (C=O) groups is 2. The van der Waals surface area contributed by atoms with Crippen LogP contribution in [-0.2, 0) is 4.79 Å². The summed E-state index contributed by atoms with van der Waals surface area (Å²) in [6.07, 6.45) is 4.46. The Labute approximate surface area is 156 Å². The van der Waals surface area contributed by atoms with Gasteiger partial charge in [-0.2, -0.15) is 5.10 Å². The van der Waals surface area contributed by atoms with Crippen LogP contribution < -0.4 is 0 Å². The third-order valence-electron chi connectivity index (χ3n) is 5.72. The van der Waals surface area contributed by atoms with E-state index in [4.69, 9.17) is 11.6 Å². The molecule has 1 N–H and O–H groups in total. The summed E-state index contributed by atoms with van der Waals surface area (Å²) in [6.45, 7) is 2.34. The molecule has 0 radical (unpaired) electrons. The lowest BCUT2D eigenvalue weighted by Crippen LogP contribution is -2.43. The third kappa shape index (κ3) is 2.69. The van der Waals surface area contributed by atoms with E-state index in [0.29, 0.717) is 28.7 Å². The van der Waals surface area contributed by atoms with E-state index in [1.807, 2.05) is 19.1 Å². The van der Waals surface area contributed by atoms with Crippen LogP contribution in [0.2, 0.25) is 5.02 Å². The number of amides is 1. The largest absolute Gasteiger partial charge is 0.480 e. The summed E-state index contributed by atoms with van der Waals surface area (Å²) in [6, 6.07) is 6.46. The zero-order valence-electron chi connectivity index (χ0n) is 14.4. The van der Waals surface area contributed by atoms with Gasteiger partial charge in [0.25, 0.3) is 5.91 Å². The number of halogens is 1. The normalized spacial score (nSPS) is 24.7. The van der Waals surface area contributed by atoms with Crippen molar-refractivity contribution >= 4 is 23.5 Å². The summed E-state index contributed by atoms with van der Waals surface area (Å²) in [5.41, 5.74) is 1.95. The average Bonchev–Trinajstić information content (AvgIpc) is 3.28. The first kappa shape index (κ1) is 17.1. The lowest BCUT2D eigenvalue weighted by atomic mass is 9.94. The first-order valence-corrected chi connectivity index (χ1v) is 9.19. The minimum absolute atomic E-state index is 0.0723. The zero-order chi connectivity index (χ0) is 18.4. The van der Waals surface area contributed by atoms with Gasteiger partial charge in [-0.3, -0.25) is 4.79 Å². The molecule has 2 aromatic rings. The summed E-state index contributed by atoms with van der Waals surface area (Å²) in [4.78, 5) is 26.4. The number of aliphatic carboxylic acids is 1. The molecule has 1 saturated carbocycles. The van der Waals surface area contributed by atoms with Crippen LogP contribution in [-0.4, -0.2) is 44.3 Å². The molecule has 1 amide bonds. The van der Waals surface area contributed by atoms with Crippen LogP contribution in [0.4, 0.5) is 0 Å². The van der Waals surface area contributed by atoms with Crippen molar-refractivity contribution in [3.05, 3.63) is 46.7 Å². The maximum Gasteiger partial charge on any atom is 0.326 e. The van der Waals surface area contributed by atoms with Gasteiger partial charge >= 0.3 is 5.97 Å². The van der Waals surface area contributed by atoms with Gasteiger partial charge in [0, 0.05) is 11.6 Å². The quantitative estimate of drug-likeness (QED) is 0.896. The Bertz CT molecular complexity index is 861. The highest BCUT2D eigenvalue weighted by atomic mass is 35.5.